The summed E-state index contributed by atoms with van der Waals surface area (Å²) in [4.78, 5) is 26.0. The van der Waals surface area contributed by atoms with Crippen molar-refractivity contribution in [3.63, 3.8) is 0 Å². The summed E-state index contributed by atoms with van der Waals surface area (Å²) < 4.78 is 29.4. The fourth-order valence-electron chi connectivity index (χ4n) is 4.22. The normalized spacial score (nSPS) is 18.1. The molecule has 0 saturated carbocycles. The maximum absolute atomic E-state index is 12.4. The minimum absolute atomic E-state index is 0.137. The molecule has 1 unspecified atom stereocenters. The van der Waals surface area contributed by atoms with Crippen LogP contribution in [0.5, 0.6) is 5.75 Å². The third-order valence-corrected chi connectivity index (χ3v) is 5.73. The number of anilines is 1. The van der Waals surface area contributed by atoms with Gasteiger partial charge in [-0.15, -0.1) is 0 Å². The molecule has 3 amide bonds. The standard InChI is InChI=1S/C23H25F2N3O3/c24-22(25)31-18-10-11-19-16(13-18)3-1-4-20(19)27-23(30)26-14-15-6-8-17(9-7-15)28-12-2-5-21(28)29/h6-11,13,20,22H,1-5,12,14H2,(H2,26,27,30). The first-order valence-electron chi connectivity index (χ1n) is 10.5. The molecule has 0 bridgehead atoms. The van der Waals surface area contributed by atoms with E-state index in [2.05, 4.69) is 15.4 Å². The molecule has 0 spiro atoms. The lowest BCUT2D eigenvalue weighted by Crippen LogP contribution is -2.38. The van der Waals surface area contributed by atoms with Crippen LogP contribution < -0.4 is 20.3 Å². The number of rotatable bonds is 6. The number of nitrogens with zero attached hydrogens (tertiary/aromatic N) is 1. The highest BCUT2D eigenvalue weighted by atomic mass is 19.3. The maximum atomic E-state index is 12.4. The Kier molecular flexibility index (Phi) is 6.34. The van der Waals surface area contributed by atoms with Gasteiger partial charge in [-0.25, -0.2) is 4.79 Å². The van der Waals surface area contributed by atoms with Crippen LogP contribution in [0.15, 0.2) is 42.5 Å². The van der Waals surface area contributed by atoms with E-state index in [-0.39, 0.29) is 23.7 Å². The van der Waals surface area contributed by atoms with Gasteiger partial charge in [0.1, 0.15) is 5.75 Å². The summed E-state index contributed by atoms with van der Waals surface area (Å²) in [5, 5.41) is 5.83. The van der Waals surface area contributed by atoms with E-state index in [1.54, 1.807) is 17.0 Å². The van der Waals surface area contributed by atoms with E-state index in [9.17, 15) is 18.4 Å². The topological polar surface area (TPSA) is 70.7 Å². The highest BCUT2D eigenvalue weighted by Crippen LogP contribution is 2.32. The van der Waals surface area contributed by atoms with Gasteiger partial charge in [0.15, 0.2) is 0 Å². The van der Waals surface area contributed by atoms with Gasteiger partial charge in [-0.2, -0.15) is 8.78 Å². The summed E-state index contributed by atoms with van der Waals surface area (Å²) in [5.41, 5.74) is 3.66. The number of halogens is 2. The summed E-state index contributed by atoms with van der Waals surface area (Å²) in [6.07, 6.45) is 3.88. The molecule has 4 rings (SSSR count). The van der Waals surface area contributed by atoms with Crippen molar-refractivity contribution in [1.82, 2.24) is 10.6 Å². The molecule has 6 nitrogen and oxygen atoms in total. The van der Waals surface area contributed by atoms with E-state index in [0.717, 1.165) is 54.6 Å². The molecular weight excluding hydrogens is 404 g/mol. The number of ether oxygens (including phenoxy) is 1. The molecule has 164 valence electrons. The van der Waals surface area contributed by atoms with Crippen molar-refractivity contribution in [1.29, 1.82) is 0 Å². The molecule has 31 heavy (non-hydrogen) atoms. The van der Waals surface area contributed by atoms with Crippen molar-refractivity contribution in [3.8, 4) is 5.75 Å². The van der Waals surface area contributed by atoms with Crippen LogP contribution in [0.4, 0.5) is 19.3 Å². The second kappa shape index (κ2) is 9.32. The van der Waals surface area contributed by atoms with Gasteiger partial charge in [0.2, 0.25) is 5.91 Å². The van der Waals surface area contributed by atoms with Crippen molar-refractivity contribution < 1.29 is 23.1 Å². The maximum Gasteiger partial charge on any atom is 0.387 e. The zero-order valence-electron chi connectivity index (χ0n) is 17.1. The molecule has 0 aromatic heterocycles. The van der Waals surface area contributed by atoms with Gasteiger partial charge in [0.25, 0.3) is 0 Å². The molecule has 2 aromatic carbocycles. The molecule has 1 aliphatic carbocycles. The van der Waals surface area contributed by atoms with Crippen LogP contribution in [0.25, 0.3) is 0 Å². The lowest BCUT2D eigenvalue weighted by atomic mass is 9.87. The summed E-state index contributed by atoms with van der Waals surface area (Å²) in [6, 6.07) is 12.0. The molecule has 0 radical (unpaired) electrons. The monoisotopic (exact) mass is 429 g/mol. The van der Waals surface area contributed by atoms with E-state index >= 15 is 0 Å². The average Bonchev–Trinajstić information content (AvgIpc) is 3.18. The Morgan fingerprint density at radius 1 is 1.13 bits per heavy atom. The molecule has 1 atom stereocenters. The van der Waals surface area contributed by atoms with E-state index < -0.39 is 6.61 Å². The predicted octanol–water partition coefficient (Wildman–Crippen LogP) is 4.29. The molecular formula is C23H25F2N3O3. The number of carbonyl (C=O) groups excluding carboxylic acids is 2. The Labute approximate surface area is 179 Å². The molecule has 2 aromatic rings. The van der Waals surface area contributed by atoms with Crippen LogP contribution in [-0.2, 0) is 17.8 Å². The third-order valence-electron chi connectivity index (χ3n) is 5.73. The average molecular weight is 429 g/mol. The molecule has 8 heteroatoms. The van der Waals surface area contributed by atoms with Gasteiger partial charge in [-0.05, 0) is 66.6 Å². The van der Waals surface area contributed by atoms with Crippen LogP contribution >= 0.6 is 0 Å². The van der Waals surface area contributed by atoms with Crippen LogP contribution in [0.2, 0.25) is 0 Å². The first kappa shape index (κ1) is 21.1. The predicted molar refractivity (Wildman–Crippen MR) is 112 cm³/mol. The quantitative estimate of drug-likeness (QED) is 0.720. The number of hydrogen-bond donors (Lipinski definition) is 2. The second-order valence-corrected chi connectivity index (χ2v) is 7.83. The number of nitrogens with one attached hydrogen (secondary N) is 2. The van der Waals surface area contributed by atoms with E-state index in [1.807, 2.05) is 24.3 Å². The van der Waals surface area contributed by atoms with Crippen molar-refractivity contribution in [2.75, 3.05) is 11.4 Å². The molecule has 2 aliphatic rings. The van der Waals surface area contributed by atoms with Crippen LogP contribution in [0, 0.1) is 0 Å². The number of aryl methyl sites for hydroxylation is 1. The first-order valence-corrected chi connectivity index (χ1v) is 10.5. The second-order valence-electron chi connectivity index (χ2n) is 7.83. The molecule has 1 aliphatic heterocycles. The largest absolute Gasteiger partial charge is 0.435 e. The Morgan fingerprint density at radius 2 is 1.94 bits per heavy atom. The highest BCUT2D eigenvalue weighted by Gasteiger charge is 2.23. The number of urea groups is 1. The number of carbonyl (C=O) groups is 2. The minimum atomic E-state index is -2.86. The Bertz CT molecular complexity index is 950. The highest BCUT2D eigenvalue weighted by molar-refractivity contribution is 5.95. The van der Waals surface area contributed by atoms with Gasteiger partial charge >= 0.3 is 12.6 Å². The summed E-state index contributed by atoms with van der Waals surface area (Å²) in [7, 11) is 0. The minimum Gasteiger partial charge on any atom is -0.435 e. The van der Waals surface area contributed by atoms with Crippen LogP contribution in [-0.4, -0.2) is 25.1 Å². The van der Waals surface area contributed by atoms with E-state index in [1.165, 1.54) is 6.07 Å². The van der Waals surface area contributed by atoms with E-state index in [0.29, 0.717) is 13.0 Å². The van der Waals surface area contributed by atoms with Crippen LogP contribution in [0.3, 0.4) is 0 Å². The molecule has 2 N–H and O–H groups in total. The van der Waals surface area contributed by atoms with Crippen molar-refractivity contribution in [2.24, 2.45) is 0 Å². The summed E-state index contributed by atoms with van der Waals surface area (Å²) >= 11 is 0. The van der Waals surface area contributed by atoms with Gasteiger partial charge in [0.05, 0.1) is 6.04 Å². The Hall–Kier alpha value is -3.16. The van der Waals surface area contributed by atoms with E-state index in [4.69, 9.17) is 0 Å². The Morgan fingerprint density at radius 3 is 2.65 bits per heavy atom. The number of hydrogen-bond acceptors (Lipinski definition) is 3. The molecule has 1 fully saturated rings. The fourth-order valence-corrected chi connectivity index (χ4v) is 4.22. The van der Waals surface area contributed by atoms with Gasteiger partial charge < -0.3 is 20.3 Å². The van der Waals surface area contributed by atoms with Gasteiger partial charge in [-0.1, -0.05) is 18.2 Å². The SMILES string of the molecule is O=C(NCc1ccc(N2CCCC2=O)cc1)NC1CCCc2cc(OC(F)F)ccc21. The zero-order chi connectivity index (χ0) is 21.8. The summed E-state index contributed by atoms with van der Waals surface area (Å²) in [5.74, 6) is 0.281. The Balaban J connectivity index is 1.32. The molecule has 1 saturated heterocycles. The zero-order valence-corrected chi connectivity index (χ0v) is 17.1. The fraction of sp³-hybridized carbons (Fsp3) is 0.391. The third kappa shape index (κ3) is 5.13. The lowest BCUT2D eigenvalue weighted by molar-refractivity contribution is -0.117. The van der Waals surface area contributed by atoms with Crippen molar-refractivity contribution in [2.45, 2.75) is 51.3 Å². The number of fused-ring (bicyclic) bond motifs is 1. The van der Waals surface area contributed by atoms with Crippen molar-refractivity contribution >= 4 is 17.6 Å². The number of amides is 3. The van der Waals surface area contributed by atoms with Crippen molar-refractivity contribution in [3.05, 3.63) is 59.2 Å². The summed E-state index contributed by atoms with van der Waals surface area (Å²) in [6.45, 7) is -1.75. The van der Waals surface area contributed by atoms with Gasteiger partial charge in [0, 0.05) is 25.2 Å². The number of benzene rings is 2. The molecule has 1 heterocycles. The smallest absolute Gasteiger partial charge is 0.387 e. The lowest BCUT2D eigenvalue weighted by Gasteiger charge is -2.27. The van der Waals surface area contributed by atoms with Gasteiger partial charge in [-0.3, -0.25) is 4.79 Å². The van der Waals surface area contributed by atoms with Crippen LogP contribution in [0.1, 0.15) is 48.4 Å². The number of alkyl halides is 2. The first-order chi connectivity index (χ1) is 15.0.